The number of carboxylic acids is 1. The Bertz CT molecular complexity index is 1220. The van der Waals surface area contributed by atoms with E-state index in [1.807, 2.05) is 49.4 Å². The first-order valence-electron chi connectivity index (χ1n) is 10.3. The minimum atomic E-state index is -1.01. The highest BCUT2D eigenvalue weighted by atomic mass is 16.5. The molecule has 0 unspecified atom stereocenters. The smallest absolute Gasteiger partial charge is 0.329 e. The van der Waals surface area contributed by atoms with Crippen molar-refractivity contribution in [1.29, 1.82) is 0 Å². The summed E-state index contributed by atoms with van der Waals surface area (Å²) in [5.74, 6) is 0.584. The predicted octanol–water partition coefficient (Wildman–Crippen LogP) is 4.08. The Morgan fingerprint density at radius 3 is 2.61 bits per heavy atom. The van der Waals surface area contributed by atoms with Crippen LogP contribution in [-0.2, 0) is 9.53 Å². The molecule has 0 saturated heterocycles. The van der Waals surface area contributed by atoms with Crippen molar-refractivity contribution in [2.45, 2.75) is 6.92 Å². The molecule has 0 amide bonds. The number of methoxy groups -OCH3 is 1. The molecule has 0 spiro atoms. The maximum Gasteiger partial charge on any atom is 0.329 e. The highest BCUT2D eigenvalue weighted by Gasteiger charge is 2.24. The van der Waals surface area contributed by atoms with Gasteiger partial charge in [-0.05, 0) is 29.8 Å². The Kier molecular flexibility index (Phi) is 6.80. The normalized spacial score (nSPS) is 11.9. The van der Waals surface area contributed by atoms with Gasteiger partial charge in [0.2, 0.25) is 11.6 Å². The van der Waals surface area contributed by atoms with Gasteiger partial charge in [0, 0.05) is 17.7 Å². The van der Waals surface area contributed by atoms with Crippen LogP contribution < -0.4 is 9.47 Å². The number of rotatable bonds is 10. The number of aromatic nitrogens is 3. The van der Waals surface area contributed by atoms with E-state index in [0.717, 1.165) is 16.9 Å². The Hall–Kier alpha value is -3.98. The maximum atomic E-state index is 10.6. The molecule has 0 fully saturated rings. The Labute approximate surface area is 190 Å². The van der Waals surface area contributed by atoms with E-state index in [4.69, 9.17) is 23.7 Å². The molecular weight excluding hydrogens is 426 g/mol. The van der Waals surface area contributed by atoms with Gasteiger partial charge < -0.3 is 23.7 Å². The van der Waals surface area contributed by atoms with Gasteiger partial charge in [0.25, 0.3) is 0 Å². The van der Waals surface area contributed by atoms with Crippen LogP contribution in [-0.4, -0.2) is 53.0 Å². The zero-order chi connectivity index (χ0) is 23.2. The summed E-state index contributed by atoms with van der Waals surface area (Å²) in [7, 11) is 1.61. The molecule has 3 heterocycles. The standard InChI is InChI=1S/C24H23N3O6/c1-15(11-31-13-19(28)29)12-32-23-21-20(16-6-8-17(30-2)9-7-16)22(18-5-3-4-10-25-18)33-24(21)27-14-26-23/h3-10,14-15H,11-13H2,1-2H3,(H,28,29)/t15-/m1/s1. The molecule has 0 bridgehead atoms. The summed E-state index contributed by atoms with van der Waals surface area (Å²) >= 11 is 0. The van der Waals surface area contributed by atoms with Crippen molar-refractivity contribution in [3.8, 4) is 34.2 Å². The third kappa shape index (κ3) is 5.09. The number of aliphatic carboxylic acids is 1. The number of carbonyl (C=O) groups is 1. The van der Waals surface area contributed by atoms with Crippen molar-refractivity contribution in [3.63, 3.8) is 0 Å². The summed E-state index contributed by atoms with van der Waals surface area (Å²) in [6.45, 7) is 2.08. The van der Waals surface area contributed by atoms with E-state index in [-0.39, 0.29) is 25.7 Å². The summed E-state index contributed by atoms with van der Waals surface area (Å²) in [6.07, 6.45) is 3.08. The highest BCUT2D eigenvalue weighted by Crippen LogP contribution is 2.43. The molecule has 0 aliphatic carbocycles. The quantitative estimate of drug-likeness (QED) is 0.382. The third-order valence-corrected chi connectivity index (χ3v) is 4.86. The first-order valence-corrected chi connectivity index (χ1v) is 10.3. The molecule has 9 heteroatoms. The molecule has 1 aromatic carbocycles. The zero-order valence-corrected chi connectivity index (χ0v) is 18.2. The molecule has 4 rings (SSSR count). The van der Waals surface area contributed by atoms with Gasteiger partial charge in [0.1, 0.15) is 29.8 Å². The van der Waals surface area contributed by atoms with E-state index >= 15 is 0 Å². The summed E-state index contributed by atoms with van der Waals surface area (Å²) in [6, 6.07) is 13.2. The fraction of sp³-hybridized carbons (Fsp3) is 0.250. The largest absolute Gasteiger partial charge is 0.497 e. The SMILES string of the molecule is COc1ccc(-c2c(-c3ccccn3)oc3ncnc(OC[C@H](C)COCC(=O)O)c23)cc1. The molecule has 0 radical (unpaired) electrons. The molecular formula is C24H23N3O6. The molecule has 1 atom stereocenters. The first kappa shape index (κ1) is 22.2. The first-order chi connectivity index (χ1) is 16.1. The van der Waals surface area contributed by atoms with Gasteiger partial charge in [-0.3, -0.25) is 4.98 Å². The van der Waals surface area contributed by atoms with Crippen molar-refractivity contribution in [2.75, 3.05) is 26.9 Å². The second kappa shape index (κ2) is 10.1. The second-order valence-corrected chi connectivity index (χ2v) is 7.43. The minimum absolute atomic E-state index is 0.0547. The van der Waals surface area contributed by atoms with Crippen molar-refractivity contribution in [2.24, 2.45) is 5.92 Å². The summed E-state index contributed by atoms with van der Waals surface area (Å²) < 4.78 is 22.6. The van der Waals surface area contributed by atoms with Crippen LogP contribution in [0.2, 0.25) is 0 Å². The van der Waals surface area contributed by atoms with Gasteiger partial charge in [0.15, 0.2) is 5.76 Å². The van der Waals surface area contributed by atoms with Gasteiger partial charge >= 0.3 is 5.97 Å². The van der Waals surface area contributed by atoms with Gasteiger partial charge in [-0.25, -0.2) is 14.8 Å². The molecule has 3 aromatic heterocycles. The predicted molar refractivity (Wildman–Crippen MR) is 120 cm³/mol. The highest BCUT2D eigenvalue weighted by molar-refractivity contribution is 6.02. The minimum Gasteiger partial charge on any atom is -0.497 e. The van der Waals surface area contributed by atoms with Gasteiger partial charge in [-0.1, -0.05) is 25.1 Å². The fourth-order valence-corrected chi connectivity index (χ4v) is 3.34. The van der Waals surface area contributed by atoms with Crippen LogP contribution in [0.4, 0.5) is 0 Å². The van der Waals surface area contributed by atoms with E-state index < -0.39 is 5.97 Å². The summed E-state index contributed by atoms with van der Waals surface area (Å²) in [4.78, 5) is 23.7. The Morgan fingerprint density at radius 2 is 1.91 bits per heavy atom. The number of benzene rings is 1. The molecule has 0 aliphatic heterocycles. The van der Waals surface area contributed by atoms with Crippen LogP contribution in [0.15, 0.2) is 59.4 Å². The van der Waals surface area contributed by atoms with Crippen LogP contribution in [0, 0.1) is 5.92 Å². The molecule has 170 valence electrons. The number of hydrogen-bond donors (Lipinski definition) is 1. The average Bonchev–Trinajstić information content (AvgIpc) is 3.23. The fourth-order valence-electron chi connectivity index (χ4n) is 3.34. The van der Waals surface area contributed by atoms with Crippen molar-refractivity contribution < 1.29 is 28.5 Å². The Balaban J connectivity index is 1.73. The zero-order valence-electron chi connectivity index (χ0n) is 18.2. The monoisotopic (exact) mass is 449 g/mol. The number of pyridine rings is 1. The van der Waals surface area contributed by atoms with Gasteiger partial charge in [-0.2, -0.15) is 0 Å². The lowest BCUT2D eigenvalue weighted by Crippen LogP contribution is -2.18. The summed E-state index contributed by atoms with van der Waals surface area (Å²) in [5.41, 5.74) is 2.66. The van der Waals surface area contributed by atoms with Gasteiger partial charge in [0.05, 0.1) is 20.3 Å². The lowest BCUT2D eigenvalue weighted by atomic mass is 10.0. The van der Waals surface area contributed by atoms with E-state index in [1.165, 1.54) is 6.33 Å². The Morgan fingerprint density at radius 1 is 1.09 bits per heavy atom. The number of hydrogen-bond acceptors (Lipinski definition) is 8. The van der Waals surface area contributed by atoms with Crippen LogP contribution in [0.25, 0.3) is 33.7 Å². The van der Waals surface area contributed by atoms with E-state index in [0.29, 0.717) is 28.4 Å². The van der Waals surface area contributed by atoms with Crippen molar-refractivity contribution in [3.05, 3.63) is 55.0 Å². The summed E-state index contributed by atoms with van der Waals surface area (Å²) in [5, 5.41) is 9.35. The second-order valence-electron chi connectivity index (χ2n) is 7.43. The van der Waals surface area contributed by atoms with Crippen LogP contribution in [0.1, 0.15) is 6.92 Å². The topological polar surface area (TPSA) is 117 Å². The van der Waals surface area contributed by atoms with Crippen molar-refractivity contribution >= 4 is 17.1 Å². The molecule has 4 aromatic rings. The number of carboxylic acid groups (broad SMARTS) is 1. The van der Waals surface area contributed by atoms with E-state index in [2.05, 4.69) is 15.0 Å². The number of nitrogens with zero attached hydrogens (tertiary/aromatic N) is 3. The number of fused-ring (bicyclic) bond motifs is 1. The van der Waals surface area contributed by atoms with Crippen LogP contribution >= 0.6 is 0 Å². The molecule has 0 saturated carbocycles. The molecule has 9 nitrogen and oxygen atoms in total. The van der Waals surface area contributed by atoms with E-state index in [9.17, 15) is 4.79 Å². The van der Waals surface area contributed by atoms with Crippen LogP contribution in [0.3, 0.4) is 0 Å². The maximum absolute atomic E-state index is 10.6. The molecule has 1 N–H and O–H groups in total. The van der Waals surface area contributed by atoms with E-state index in [1.54, 1.807) is 13.3 Å². The number of furan rings is 1. The average molecular weight is 449 g/mol. The lowest BCUT2D eigenvalue weighted by Gasteiger charge is -2.13. The molecule has 33 heavy (non-hydrogen) atoms. The number of ether oxygens (including phenoxy) is 3. The lowest BCUT2D eigenvalue weighted by molar-refractivity contribution is -0.142. The van der Waals surface area contributed by atoms with Gasteiger partial charge in [-0.15, -0.1) is 0 Å². The van der Waals surface area contributed by atoms with Crippen molar-refractivity contribution in [1.82, 2.24) is 15.0 Å². The third-order valence-electron chi connectivity index (χ3n) is 4.86. The molecule has 0 aliphatic rings. The van der Waals surface area contributed by atoms with Crippen LogP contribution in [0.5, 0.6) is 11.6 Å².